The van der Waals surface area contributed by atoms with Crippen molar-refractivity contribution >= 4 is 12.1 Å². The van der Waals surface area contributed by atoms with Crippen molar-refractivity contribution in [2.24, 2.45) is 0 Å². The van der Waals surface area contributed by atoms with Gasteiger partial charge < -0.3 is 9.84 Å². The number of aliphatic carboxylic acids is 1. The van der Waals surface area contributed by atoms with Crippen molar-refractivity contribution in [1.82, 2.24) is 4.90 Å². The summed E-state index contributed by atoms with van der Waals surface area (Å²) in [5.74, 6) is -1.40. The Kier molecular flexibility index (Phi) is 5.35. The van der Waals surface area contributed by atoms with Crippen LogP contribution in [0.5, 0.6) is 0 Å². The van der Waals surface area contributed by atoms with Crippen LogP contribution in [0.3, 0.4) is 0 Å². The van der Waals surface area contributed by atoms with E-state index in [1.165, 1.54) is 7.05 Å². The molecule has 0 bridgehead atoms. The Morgan fingerprint density at radius 1 is 1.19 bits per heavy atom. The van der Waals surface area contributed by atoms with Crippen LogP contribution in [0, 0.1) is 0 Å². The van der Waals surface area contributed by atoms with E-state index in [1.54, 1.807) is 27.7 Å². The van der Waals surface area contributed by atoms with Gasteiger partial charge in [-0.15, -0.1) is 0 Å². The fourth-order valence-electron chi connectivity index (χ4n) is 2.10. The average Bonchev–Trinajstić information content (AvgIpc) is 2.37. The number of hydrogen-bond donors (Lipinski definition) is 1. The fourth-order valence-corrected chi connectivity index (χ4v) is 2.10. The van der Waals surface area contributed by atoms with E-state index in [9.17, 15) is 14.7 Å². The predicted molar refractivity (Wildman–Crippen MR) is 80.3 cm³/mol. The van der Waals surface area contributed by atoms with Crippen molar-refractivity contribution in [2.45, 2.75) is 45.3 Å². The second kappa shape index (κ2) is 6.61. The first-order valence-electron chi connectivity index (χ1n) is 6.87. The van der Waals surface area contributed by atoms with E-state index in [0.29, 0.717) is 0 Å². The Balaban J connectivity index is 2.96. The normalized spacial score (nSPS) is 14.1. The molecule has 0 heterocycles. The fraction of sp³-hybridized carbons (Fsp3) is 0.500. The Labute approximate surface area is 125 Å². The summed E-state index contributed by atoms with van der Waals surface area (Å²) in [6.07, 6.45) is -0.641. The quantitative estimate of drug-likeness (QED) is 0.926. The topological polar surface area (TPSA) is 66.8 Å². The summed E-state index contributed by atoms with van der Waals surface area (Å²) >= 11 is 0. The molecule has 0 saturated heterocycles. The number of rotatable bonds is 4. The van der Waals surface area contributed by atoms with Gasteiger partial charge in [-0.1, -0.05) is 37.3 Å². The number of benzene rings is 1. The van der Waals surface area contributed by atoms with E-state index < -0.39 is 23.7 Å². The minimum Gasteiger partial charge on any atom is -0.480 e. The summed E-state index contributed by atoms with van der Waals surface area (Å²) in [5.41, 5.74) is 0.199. The third-order valence-corrected chi connectivity index (χ3v) is 3.15. The molecule has 1 N–H and O–H groups in total. The monoisotopic (exact) mass is 293 g/mol. The molecule has 0 aliphatic heterocycles. The summed E-state index contributed by atoms with van der Waals surface area (Å²) < 4.78 is 5.24. The molecule has 5 nitrogen and oxygen atoms in total. The Hall–Kier alpha value is -2.04. The third-order valence-electron chi connectivity index (χ3n) is 3.15. The van der Waals surface area contributed by atoms with E-state index in [1.807, 2.05) is 30.3 Å². The first-order chi connectivity index (χ1) is 9.63. The number of ether oxygens (including phenoxy) is 1. The number of amides is 1. The van der Waals surface area contributed by atoms with Crippen molar-refractivity contribution in [1.29, 1.82) is 0 Å². The van der Waals surface area contributed by atoms with Crippen molar-refractivity contribution in [3.8, 4) is 0 Å². The second-order valence-electron chi connectivity index (χ2n) is 6.07. The molecule has 0 unspecified atom stereocenters. The molecule has 1 rings (SSSR count). The first-order valence-corrected chi connectivity index (χ1v) is 6.87. The number of carboxylic acid groups (broad SMARTS) is 1. The largest absolute Gasteiger partial charge is 0.480 e. The minimum atomic E-state index is -1.06. The van der Waals surface area contributed by atoms with Crippen molar-refractivity contribution in [2.75, 3.05) is 7.05 Å². The molecule has 21 heavy (non-hydrogen) atoms. The molecule has 1 aromatic carbocycles. The summed E-state index contributed by atoms with van der Waals surface area (Å²) in [6, 6.07) is 8.27. The van der Waals surface area contributed by atoms with Gasteiger partial charge in [0.05, 0.1) is 0 Å². The zero-order valence-electron chi connectivity index (χ0n) is 13.2. The van der Waals surface area contributed by atoms with Gasteiger partial charge in [0.2, 0.25) is 0 Å². The molecule has 5 heteroatoms. The highest BCUT2D eigenvalue weighted by molar-refractivity contribution is 5.81. The van der Waals surface area contributed by atoms with Crippen molar-refractivity contribution in [3.63, 3.8) is 0 Å². The lowest BCUT2D eigenvalue weighted by Gasteiger charge is -2.31. The van der Waals surface area contributed by atoms with Gasteiger partial charge in [-0.25, -0.2) is 9.59 Å². The van der Waals surface area contributed by atoms with E-state index >= 15 is 0 Å². The molecule has 116 valence electrons. The molecule has 0 aliphatic carbocycles. The molecule has 2 atom stereocenters. The Bertz CT molecular complexity index is 493. The SMILES string of the molecule is C[C@@H](c1ccccc1)[C@@H](C(=O)O)N(C)C(=O)OC(C)(C)C. The molecule has 1 amide bonds. The highest BCUT2D eigenvalue weighted by Crippen LogP contribution is 2.24. The van der Waals surface area contributed by atoms with Crippen LogP contribution in [-0.4, -0.2) is 40.8 Å². The Morgan fingerprint density at radius 2 is 1.71 bits per heavy atom. The number of carbonyl (C=O) groups is 2. The van der Waals surface area contributed by atoms with Gasteiger partial charge in [-0.2, -0.15) is 0 Å². The van der Waals surface area contributed by atoms with Crippen LogP contribution in [0.2, 0.25) is 0 Å². The van der Waals surface area contributed by atoms with Crippen LogP contribution in [0.15, 0.2) is 30.3 Å². The lowest BCUT2D eigenvalue weighted by molar-refractivity contribution is -0.143. The van der Waals surface area contributed by atoms with Crippen LogP contribution in [0.1, 0.15) is 39.2 Å². The number of carboxylic acids is 1. The Morgan fingerprint density at radius 3 is 2.14 bits per heavy atom. The molecular formula is C16H23NO4. The van der Waals surface area contributed by atoms with Gasteiger partial charge in [-0.05, 0) is 26.3 Å². The van der Waals surface area contributed by atoms with Gasteiger partial charge in [0.15, 0.2) is 0 Å². The summed E-state index contributed by atoms with van der Waals surface area (Å²) in [6.45, 7) is 7.02. The molecule has 0 aliphatic rings. The van der Waals surface area contributed by atoms with Gasteiger partial charge in [0.25, 0.3) is 0 Å². The maximum absolute atomic E-state index is 12.1. The molecule has 0 radical (unpaired) electrons. The van der Waals surface area contributed by atoms with Crippen molar-refractivity contribution in [3.05, 3.63) is 35.9 Å². The molecular weight excluding hydrogens is 270 g/mol. The highest BCUT2D eigenvalue weighted by Gasteiger charge is 2.34. The van der Waals surface area contributed by atoms with E-state index in [0.717, 1.165) is 10.5 Å². The average molecular weight is 293 g/mol. The number of nitrogens with zero attached hydrogens (tertiary/aromatic N) is 1. The minimum absolute atomic E-state index is 0.346. The van der Waals surface area contributed by atoms with Crippen molar-refractivity contribution < 1.29 is 19.4 Å². The van der Waals surface area contributed by atoms with Crippen LogP contribution < -0.4 is 0 Å². The lowest BCUT2D eigenvalue weighted by Crippen LogP contribution is -2.47. The van der Waals surface area contributed by atoms with E-state index in [-0.39, 0.29) is 5.92 Å². The zero-order valence-corrected chi connectivity index (χ0v) is 13.2. The molecule has 0 aromatic heterocycles. The molecule has 1 aromatic rings. The third kappa shape index (κ3) is 4.77. The smallest absolute Gasteiger partial charge is 0.410 e. The van der Waals surface area contributed by atoms with Crippen LogP contribution >= 0.6 is 0 Å². The summed E-state index contributed by atoms with van der Waals surface area (Å²) in [5, 5.41) is 9.47. The second-order valence-corrected chi connectivity index (χ2v) is 6.07. The maximum Gasteiger partial charge on any atom is 0.410 e. The number of likely N-dealkylation sites (N-methyl/N-ethyl adjacent to an activating group) is 1. The van der Waals surface area contributed by atoms with E-state index in [4.69, 9.17) is 4.74 Å². The zero-order chi connectivity index (χ0) is 16.2. The number of hydrogen-bond acceptors (Lipinski definition) is 3. The first kappa shape index (κ1) is 17.0. The summed E-state index contributed by atoms with van der Waals surface area (Å²) in [7, 11) is 1.45. The van der Waals surface area contributed by atoms with Crippen LogP contribution in [0.4, 0.5) is 4.79 Å². The lowest BCUT2D eigenvalue weighted by atomic mass is 9.92. The van der Waals surface area contributed by atoms with Crippen LogP contribution in [0.25, 0.3) is 0 Å². The summed E-state index contributed by atoms with van der Waals surface area (Å²) in [4.78, 5) is 24.8. The van der Waals surface area contributed by atoms with Gasteiger partial charge in [0.1, 0.15) is 11.6 Å². The number of carbonyl (C=O) groups excluding carboxylic acids is 1. The molecule has 0 fully saturated rings. The predicted octanol–water partition coefficient (Wildman–Crippen LogP) is 3.11. The van der Waals surface area contributed by atoms with Crippen LogP contribution in [-0.2, 0) is 9.53 Å². The van der Waals surface area contributed by atoms with Gasteiger partial charge >= 0.3 is 12.1 Å². The molecule has 0 spiro atoms. The van der Waals surface area contributed by atoms with E-state index in [2.05, 4.69) is 0 Å². The van der Waals surface area contributed by atoms with Gasteiger partial charge in [-0.3, -0.25) is 4.90 Å². The maximum atomic E-state index is 12.1. The van der Waals surface area contributed by atoms with Gasteiger partial charge in [0, 0.05) is 13.0 Å². The highest BCUT2D eigenvalue weighted by atomic mass is 16.6. The molecule has 0 saturated carbocycles. The standard InChI is InChI=1S/C16H23NO4/c1-11(12-9-7-6-8-10-12)13(14(18)19)17(5)15(20)21-16(2,3)4/h6-11,13H,1-5H3,(H,18,19)/t11-,13-/m0/s1.